The van der Waals surface area contributed by atoms with Gasteiger partial charge in [0.15, 0.2) is 25.0 Å². The fourth-order valence-corrected chi connectivity index (χ4v) is 18.1. The lowest BCUT2D eigenvalue weighted by Gasteiger charge is -2.39. The van der Waals surface area contributed by atoms with E-state index in [1.54, 1.807) is 0 Å². The Balaban J connectivity index is 2.42. The molecular formula is C46H88O7Si3. The number of carbonyl (C=O) groups excluding carboxylic acids is 1. The van der Waals surface area contributed by atoms with Crippen molar-refractivity contribution in [3.05, 3.63) is 36.0 Å². The fourth-order valence-electron chi connectivity index (χ4n) is 9.13. The summed E-state index contributed by atoms with van der Waals surface area (Å²) in [4.78, 5) is 13.7. The second-order valence-electron chi connectivity index (χ2n) is 17.8. The zero-order valence-electron chi connectivity index (χ0n) is 38.9. The van der Waals surface area contributed by atoms with Crippen LogP contribution in [0.1, 0.15) is 136 Å². The summed E-state index contributed by atoms with van der Waals surface area (Å²) in [6.45, 7) is 33.5. The maximum Gasteiger partial charge on any atom is 0.308 e. The molecule has 2 aliphatic rings. The molecule has 1 fully saturated rings. The summed E-state index contributed by atoms with van der Waals surface area (Å²) in [5, 5.41) is 11.1. The highest BCUT2D eigenvalue weighted by Gasteiger charge is 2.50. The van der Waals surface area contributed by atoms with Crippen molar-refractivity contribution >= 4 is 30.9 Å². The second kappa shape index (κ2) is 23.8. The maximum atomic E-state index is 13.7. The zero-order chi connectivity index (χ0) is 42.3. The predicted molar refractivity (Wildman–Crippen MR) is 244 cm³/mol. The van der Waals surface area contributed by atoms with Crippen LogP contribution in [0.2, 0.25) is 54.4 Å². The van der Waals surface area contributed by atoms with E-state index >= 15 is 0 Å². The van der Waals surface area contributed by atoms with Gasteiger partial charge in [-0.3, -0.25) is 4.79 Å². The molecule has 10 atom stereocenters. The Hall–Kier alpha value is -0.859. The minimum absolute atomic E-state index is 0.0690. The number of allylic oxidation sites excluding steroid dienone is 2. The van der Waals surface area contributed by atoms with Gasteiger partial charge in [0, 0.05) is 24.4 Å². The lowest BCUT2D eigenvalue weighted by molar-refractivity contribution is -0.150. The molecule has 0 radical (unpaired) electrons. The van der Waals surface area contributed by atoms with E-state index in [9.17, 15) is 9.90 Å². The third-order valence-electron chi connectivity index (χ3n) is 14.3. The van der Waals surface area contributed by atoms with Crippen molar-refractivity contribution in [2.24, 2.45) is 17.8 Å². The lowest BCUT2D eigenvalue weighted by Crippen LogP contribution is -2.46. The summed E-state index contributed by atoms with van der Waals surface area (Å²) < 4.78 is 34.1. The van der Waals surface area contributed by atoms with E-state index in [0.717, 1.165) is 85.7 Å². The number of hydrogen-bond donors (Lipinski definition) is 1. The first-order valence-electron chi connectivity index (χ1n) is 23.1. The van der Waals surface area contributed by atoms with E-state index in [1.807, 2.05) is 12.2 Å². The Kier molecular flexibility index (Phi) is 21.8. The van der Waals surface area contributed by atoms with Crippen LogP contribution in [0.3, 0.4) is 0 Å². The molecule has 10 heteroatoms. The number of aliphatic hydroxyl groups excluding tert-OH is 1. The number of epoxide rings is 1. The topological polar surface area (TPSA) is 86.8 Å². The standard InChI is InChI=1S/C46H88O7Si3/c1-16-41(52-55(20-5,21-6)22-7)38(14)45-42(49-45)34-46(15,53-56(23-8,24-9)25-10)32-26-27-36(12)44-37(13)29-31-40(47)35(11)28-30-39(33-43(48)50-44)51-54(17-2,18-3)19-4/h26-27,29,31-32,35,37-42,44-45,47H,16-25,28,30,33-34H2,1-15H3/b31-29-,32-26+,36-27+. The molecule has 326 valence electrons. The van der Waals surface area contributed by atoms with E-state index in [4.69, 9.17) is 22.8 Å². The minimum Gasteiger partial charge on any atom is -0.457 e. The van der Waals surface area contributed by atoms with Crippen molar-refractivity contribution in [2.75, 3.05) is 0 Å². The summed E-state index contributed by atoms with van der Waals surface area (Å²) in [5.41, 5.74) is 0.456. The molecule has 0 aromatic carbocycles. The van der Waals surface area contributed by atoms with Crippen LogP contribution in [0.5, 0.6) is 0 Å². The molecule has 2 heterocycles. The average Bonchev–Trinajstić information content (AvgIpc) is 3.97. The number of hydrogen-bond acceptors (Lipinski definition) is 7. The van der Waals surface area contributed by atoms with Crippen LogP contribution in [0.15, 0.2) is 36.0 Å². The fraction of sp³-hybridized carbons (Fsp3) is 0.848. The van der Waals surface area contributed by atoms with Crippen molar-refractivity contribution in [3.8, 4) is 0 Å². The molecule has 2 aliphatic heterocycles. The average molecular weight is 837 g/mol. The highest BCUT2D eigenvalue weighted by atomic mass is 28.4. The molecule has 0 bridgehead atoms. The first-order chi connectivity index (χ1) is 26.5. The van der Waals surface area contributed by atoms with E-state index in [1.165, 1.54) is 0 Å². The van der Waals surface area contributed by atoms with Gasteiger partial charge in [-0.05, 0) is 99.0 Å². The Morgan fingerprint density at radius 3 is 1.95 bits per heavy atom. The quantitative estimate of drug-likeness (QED) is 0.0361. The zero-order valence-corrected chi connectivity index (χ0v) is 41.9. The van der Waals surface area contributed by atoms with Gasteiger partial charge in [0.05, 0.1) is 36.4 Å². The first kappa shape index (κ1) is 51.3. The largest absolute Gasteiger partial charge is 0.457 e. The highest BCUT2D eigenvalue weighted by Crippen LogP contribution is 2.42. The minimum atomic E-state index is -1.98. The number of carbonyl (C=O) groups is 1. The third kappa shape index (κ3) is 14.4. The van der Waals surface area contributed by atoms with Crippen LogP contribution in [-0.4, -0.2) is 78.3 Å². The monoisotopic (exact) mass is 837 g/mol. The molecule has 0 aliphatic carbocycles. The second-order valence-corrected chi connectivity index (χ2v) is 32.0. The molecule has 1 N–H and O–H groups in total. The van der Waals surface area contributed by atoms with E-state index in [-0.39, 0.29) is 48.6 Å². The third-order valence-corrected chi connectivity index (χ3v) is 28.5. The summed E-state index contributed by atoms with van der Waals surface area (Å²) in [6.07, 6.45) is 13.2. The van der Waals surface area contributed by atoms with Crippen LogP contribution in [0.4, 0.5) is 0 Å². The van der Waals surface area contributed by atoms with Crippen LogP contribution in [0, 0.1) is 17.8 Å². The molecule has 1 saturated heterocycles. The van der Waals surface area contributed by atoms with Crippen LogP contribution >= 0.6 is 0 Å². The maximum absolute atomic E-state index is 13.7. The molecule has 56 heavy (non-hydrogen) atoms. The molecule has 0 amide bonds. The van der Waals surface area contributed by atoms with Crippen LogP contribution in [-0.2, 0) is 27.5 Å². The molecule has 2 rings (SSSR count). The van der Waals surface area contributed by atoms with Gasteiger partial charge in [0.1, 0.15) is 6.10 Å². The molecular weight excluding hydrogens is 749 g/mol. The van der Waals surface area contributed by atoms with E-state index in [0.29, 0.717) is 5.92 Å². The Morgan fingerprint density at radius 2 is 1.43 bits per heavy atom. The van der Waals surface area contributed by atoms with Gasteiger partial charge in [-0.15, -0.1) is 0 Å². The van der Waals surface area contributed by atoms with Crippen molar-refractivity contribution in [1.29, 1.82) is 0 Å². The molecule has 0 aromatic heterocycles. The summed E-state index contributed by atoms with van der Waals surface area (Å²) >= 11 is 0. The molecule has 7 nitrogen and oxygen atoms in total. The van der Waals surface area contributed by atoms with Crippen LogP contribution < -0.4 is 0 Å². The van der Waals surface area contributed by atoms with Gasteiger partial charge >= 0.3 is 5.97 Å². The van der Waals surface area contributed by atoms with Crippen molar-refractivity contribution in [3.63, 3.8) is 0 Å². The number of rotatable bonds is 23. The van der Waals surface area contributed by atoms with Gasteiger partial charge < -0.3 is 27.9 Å². The Bertz CT molecular complexity index is 1220. The molecule has 0 spiro atoms. The lowest BCUT2D eigenvalue weighted by atomic mass is 9.91. The van der Waals surface area contributed by atoms with Gasteiger partial charge in [-0.2, -0.15) is 0 Å². The van der Waals surface area contributed by atoms with Gasteiger partial charge in [0.25, 0.3) is 0 Å². The first-order valence-corrected chi connectivity index (χ1v) is 30.7. The summed E-state index contributed by atoms with van der Waals surface area (Å²) in [5.74, 6) is 0.0590. The van der Waals surface area contributed by atoms with E-state index < -0.39 is 42.8 Å². The number of ether oxygens (including phenoxy) is 2. The van der Waals surface area contributed by atoms with E-state index in [2.05, 4.69) is 122 Å². The molecule has 0 saturated carbocycles. The van der Waals surface area contributed by atoms with Crippen molar-refractivity contribution in [1.82, 2.24) is 0 Å². The molecule has 10 unspecified atom stereocenters. The predicted octanol–water partition coefficient (Wildman–Crippen LogP) is 12.5. The van der Waals surface area contributed by atoms with Crippen molar-refractivity contribution < 1.29 is 32.7 Å². The Labute approximate surface area is 348 Å². The number of esters is 1. The number of aliphatic hydroxyl groups is 1. The van der Waals surface area contributed by atoms with Gasteiger partial charge in [-0.1, -0.05) is 120 Å². The SMILES string of the molecule is CCC(O[Si](CC)(CC)CC)C(C)C1OC1CC(C)(/C=C/C=C(\C)C1OC(=O)CC(O[Si](CC)(CC)CC)CCC(C)C(O)/C=C\C1C)O[Si](CC)(CC)CC. The van der Waals surface area contributed by atoms with Crippen LogP contribution in [0.25, 0.3) is 0 Å². The van der Waals surface area contributed by atoms with Gasteiger partial charge in [0.2, 0.25) is 0 Å². The smallest absolute Gasteiger partial charge is 0.308 e. The van der Waals surface area contributed by atoms with Gasteiger partial charge in [-0.25, -0.2) is 0 Å². The molecule has 0 aromatic rings. The summed E-state index contributed by atoms with van der Waals surface area (Å²) in [7, 11) is -5.66. The number of cyclic esters (lactones) is 1. The normalized spacial score (nSPS) is 28.9. The highest BCUT2D eigenvalue weighted by molar-refractivity contribution is 6.74. The Morgan fingerprint density at radius 1 is 0.875 bits per heavy atom. The summed E-state index contributed by atoms with van der Waals surface area (Å²) in [6, 6.07) is 9.77. The van der Waals surface area contributed by atoms with Crippen molar-refractivity contribution in [2.45, 2.75) is 233 Å².